The summed E-state index contributed by atoms with van der Waals surface area (Å²) in [6, 6.07) is 16.6. The van der Waals surface area contributed by atoms with Crippen LogP contribution in [0.3, 0.4) is 0 Å². The van der Waals surface area contributed by atoms with E-state index in [1.54, 1.807) is 40.4 Å². The second kappa shape index (κ2) is 7.47. The zero-order chi connectivity index (χ0) is 16.8. The molecule has 3 rings (SSSR count). The molecule has 24 heavy (non-hydrogen) atoms. The molecule has 0 fully saturated rings. The van der Waals surface area contributed by atoms with E-state index < -0.39 is 0 Å². The van der Waals surface area contributed by atoms with Crippen molar-refractivity contribution >= 4 is 34.3 Å². The second-order valence-electron chi connectivity index (χ2n) is 4.97. The van der Waals surface area contributed by atoms with Crippen molar-refractivity contribution in [1.82, 2.24) is 4.57 Å². The van der Waals surface area contributed by atoms with Gasteiger partial charge in [-0.05, 0) is 36.4 Å². The van der Waals surface area contributed by atoms with Crippen LogP contribution in [0.2, 0.25) is 0 Å². The maximum Gasteiger partial charge on any atom is 0.244 e. The average molecular weight is 337 g/mol. The van der Waals surface area contributed by atoms with E-state index >= 15 is 0 Å². The van der Waals surface area contributed by atoms with E-state index in [2.05, 4.69) is 15.5 Å². The van der Waals surface area contributed by atoms with Gasteiger partial charge in [0.25, 0.3) is 0 Å². The molecule has 0 aliphatic rings. The summed E-state index contributed by atoms with van der Waals surface area (Å²) in [5, 5.41) is 20.5. The van der Waals surface area contributed by atoms with Gasteiger partial charge in [0.05, 0.1) is 11.4 Å². The van der Waals surface area contributed by atoms with Crippen molar-refractivity contribution < 1.29 is 4.79 Å². The van der Waals surface area contributed by atoms with E-state index in [0.29, 0.717) is 16.2 Å². The van der Waals surface area contributed by atoms with Gasteiger partial charge >= 0.3 is 0 Å². The fourth-order valence-electron chi connectivity index (χ4n) is 2.01. The molecule has 3 aromatic rings. The predicted octanol–water partition coefficient (Wildman–Crippen LogP) is 4.08. The number of hydrogen-bond donors (Lipinski definition) is 2. The summed E-state index contributed by atoms with van der Waals surface area (Å²) >= 11 is 1.29. The predicted molar refractivity (Wildman–Crippen MR) is 93.9 cm³/mol. The number of thiazole rings is 1. The molecule has 0 aliphatic heterocycles. The highest BCUT2D eigenvalue weighted by atomic mass is 32.1. The van der Waals surface area contributed by atoms with Crippen LogP contribution < -0.4 is 10.1 Å². The number of aromatic nitrogens is 1. The van der Waals surface area contributed by atoms with Gasteiger partial charge in [-0.25, -0.2) is 0 Å². The fourth-order valence-corrected chi connectivity index (χ4v) is 2.60. The van der Waals surface area contributed by atoms with Crippen LogP contribution in [0.5, 0.6) is 0 Å². The van der Waals surface area contributed by atoms with Crippen molar-refractivity contribution in [3.05, 3.63) is 71.0 Å². The summed E-state index contributed by atoms with van der Waals surface area (Å²) in [6.07, 6.45) is 1.72. The molecule has 1 amide bonds. The Hall–Kier alpha value is -3.06. The summed E-state index contributed by atoms with van der Waals surface area (Å²) in [6.45, 7) is 0.123. The first-order valence-corrected chi connectivity index (χ1v) is 8.14. The number of carbonyl (C=O) groups excluding carboxylic acids is 1. The summed E-state index contributed by atoms with van der Waals surface area (Å²) in [4.78, 5) is 12.3. The van der Waals surface area contributed by atoms with Crippen molar-refractivity contribution in [3.63, 3.8) is 0 Å². The standard InChI is InChI=1S/C17H15N5OS/c18-17-22(10-11-24-17)12-16(23)19-13-6-8-15(9-7-13)21-20-14-4-2-1-3-5-14/h1-11,18H,12H2,(H,19,23). The van der Waals surface area contributed by atoms with Crippen LogP contribution >= 0.6 is 11.3 Å². The highest BCUT2D eigenvalue weighted by molar-refractivity contribution is 7.06. The lowest BCUT2D eigenvalue weighted by atomic mass is 10.3. The molecule has 0 radical (unpaired) electrons. The molecule has 2 aromatic carbocycles. The molecule has 6 nitrogen and oxygen atoms in total. The number of nitrogens with one attached hydrogen (secondary N) is 2. The Morgan fingerprint density at radius 1 is 1.04 bits per heavy atom. The zero-order valence-electron chi connectivity index (χ0n) is 12.7. The number of carbonyl (C=O) groups is 1. The first-order valence-electron chi connectivity index (χ1n) is 7.26. The molecule has 0 bridgehead atoms. The third-order valence-electron chi connectivity index (χ3n) is 3.18. The molecule has 0 aliphatic carbocycles. The molecule has 0 saturated heterocycles. The summed E-state index contributed by atoms with van der Waals surface area (Å²) in [5.74, 6) is -0.175. The number of anilines is 1. The van der Waals surface area contributed by atoms with Crippen molar-refractivity contribution in [2.45, 2.75) is 6.54 Å². The van der Waals surface area contributed by atoms with Crippen LogP contribution in [0.1, 0.15) is 0 Å². The molecule has 1 heterocycles. The first kappa shape index (κ1) is 15.8. The van der Waals surface area contributed by atoms with Crippen molar-refractivity contribution in [1.29, 1.82) is 5.41 Å². The molecule has 120 valence electrons. The Morgan fingerprint density at radius 2 is 1.71 bits per heavy atom. The van der Waals surface area contributed by atoms with Crippen LogP contribution in [-0.4, -0.2) is 10.5 Å². The second-order valence-corrected chi connectivity index (χ2v) is 5.86. The van der Waals surface area contributed by atoms with Gasteiger partial charge in [-0.2, -0.15) is 10.2 Å². The molecule has 0 saturated carbocycles. The van der Waals surface area contributed by atoms with Crippen molar-refractivity contribution in [3.8, 4) is 0 Å². The fraction of sp³-hybridized carbons (Fsp3) is 0.0588. The van der Waals surface area contributed by atoms with E-state index in [1.807, 2.05) is 30.3 Å². The Morgan fingerprint density at radius 3 is 2.33 bits per heavy atom. The monoisotopic (exact) mass is 337 g/mol. The van der Waals surface area contributed by atoms with Crippen LogP contribution in [0.15, 0.2) is 76.4 Å². The van der Waals surface area contributed by atoms with Crippen LogP contribution in [0, 0.1) is 5.41 Å². The summed E-state index contributed by atoms with van der Waals surface area (Å²) in [7, 11) is 0. The molecule has 0 spiro atoms. The summed E-state index contributed by atoms with van der Waals surface area (Å²) < 4.78 is 1.59. The Labute approximate surface area is 142 Å². The van der Waals surface area contributed by atoms with Gasteiger partial charge in [-0.15, -0.1) is 11.3 Å². The number of amides is 1. The van der Waals surface area contributed by atoms with Gasteiger partial charge in [0, 0.05) is 17.3 Å². The van der Waals surface area contributed by atoms with E-state index in [-0.39, 0.29) is 12.5 Å². The lowest BCUT2D eigenvalue weighted by Crippen LogP contribution is -2.23. The van der Waals surface area contributed by atoms with Crippen molar-refractivity contribution in [2.75, 3.05) is 5.32 Å². The maximum atomic E-state index is 12.0. The smallest absolute Gasteiger partial charge is 0.244 e. The molecular weight excluding hydrogens is 322 g/mol. The number of rotatable bonds is 5. The molecule has 2 N–H and O–H groups in total. The Balaban J connectivity index is 1.60. The first-order chi connectivity index (χ1) is 11.7. The number of hydrogen-bond acceptors (Lipinski definition) is 5. The lowest BCUT2D eigenvalue weighted by molar-refractivity contribution is -0.116. The van der Waals surface area contributed by atoms with E-state index in [4.69, 9.17) is 5.41 Å². The lowest BCUT2D eigenvalue weighted by Gasteiger charge is -2.06. The quantitative estimate of drug-likeness (QED) is 0.676. The van der Waals surface area contributed by atoms with Gasteiger partial charge < -0.3 is 9.88 Å². The van der Waals surface area contributed by atoms with Crippen molar-refractivity contribution in [2.24, 2.45) is 10.2 Å². The van der Waals surface area contributed by atoms with E-state index in [0.717, 1.165) is 5.69 Å². The number of azo groups is 1. The van der Waals surface area contributed by atoms with Gasteiger partial charge in [0.1, 0.15) is 6.54 Å². The molecule has 7 heteroatoms. The third kappa shape index (κ3) is 4.23. The number of benzene rings is 2. The minimum atomic E-state index is -0.175. The third-order valence-corrected chi connectivity index (χ3v) is 3.90. The van der Waals surface area contributed by atoms with Gasteiger partial charge in [0.15, 0.2) is 4.80 Å². The van der Waals surface area contributed by atoms with Gasteiger partial charge in [-0.1, -0.05) is 18.2 Å². The highest BCUT2D eigenvalue weighted by Crippen LogP contribution is 2.20. The zero-order valence-corrected chi connectivity index (χ0v) is 13.5. The van der Waals surface area contributed by atoms with Gasteiger partial charge in [0.2, 0.25) is 5.91 Å². The maximum absolute atomic E-state index is 12.0. The minimum absolute atomic E-state index is 0.123. The van der Waals surface area contributed by atoms with E-state index in [1.165, 1.54) is 11.3 Å². The number of nitrogens with zero attached hydrogens (tertiary/aromatic N) is 3. The van der Waals surface area contributed by atoms with Gasteiger partial charge in [-0.3, -0.25) is 10.2 Å². The normalized spacial score (nSPS) is 10.8. The van der Waals surface area contributed by atoms with Crippen LogP contribution in [0.25, 0.3) is 0 Å². The Kier molecular flexibility index (Phi) is 4.93. The van der Waals surface area contributed by atoms with E-state index in [9.17, 15) is 4.79 Å². The SMILES string of the molecule is N=c1sccn1CC(=O)Nc1ccc(N=Nc2ccccc2)cc1. The van der Waals surface area contributed by atoms with Crippen LogP contribution in [-0.2, 0) is 11.3 Å². The topological polar surface area (TPSA) is 82.6 Å². The van der Waals surface area contributed by atoms with Crippen LogP contribution in [0.4, 0.5) is 17.1 Å². The molecule has 1 aromatic heterocycles. The molecule has 0 unspecified atom stereocenters. The largest absolute Gasteiger partial charge is 0.325 e. The molecule has 0 atom stereocenters. The average Bonchev–Trinajstić information content (AvgIpc) is 3.00. The minimum Gasteiger partial charge on any atom is -0.325 e. The Bertz CT molecular complexity index is 896. The molecular formula is C17H15N5OS. The summed E-state index contributed by atoms with van der Waals surface area (Å²) in [5.41, 5.74) is 2.17. The highest BCUT2D eigenvalue weighted by Gasteiger charge is 2.04.